The topological polar surface area (TPSA) is 41.1 Å². The zero-order valence-electron chi connectivity index (χ0n) is 10.9. The van der Waals surface area contributed by atoms with Gasteiger partial charge in [-0.15, -0.1) is 12.4 Å². The smallest absolute Gasteiger partial charge is 0.227 e. The van der Waals surface area contributed by atoms with E-state index in [9.17, 15) is 4.79 Å². The number of rotatable bonds is 4. The number of halogens is 1. The van der Waals surface area contributed by atoms with Gasteiger partial charge in [0, 0.05) is 12.6 Å². The fraction of sp³-hybridized carbons (Fsp3) is 0.923. The number of hydrogen-bond donors (Lipinski definition) is 2. The highest BCUT2D eigenvalue weighted by Gasteiger charge is 2.35. The zero-order chi connectivity index (χ0) is 11.6. The zero-order valence-corrected chi connectivity index (χ0v) is 11.7. The van der Waals surface area contributed by atoms with Crippen molar-refractivity contribution in [3.05, 3.63) is 0 Å². The van der Waals surface area contributed by atoms with Gasteiger partial charge in [0.25, 0.3) is 0 Å². The van der Waals surface area contributed by atoms with Crippen molar-refractivity contribution in [2.24, 2.45) is 11.3 Å². The molecule has 0 aromatic carbocycles. The van der Waals surface area contributed by atoms with E-state index < -0.39 is 0 Å². The predicted molar refractivity (Wildman–Crippen MR) is 72.4 cm³/mol. The molecule has 0 spiro atoms. The highest BCUT2D eigenvalue weighted by molar-refractivity contribution is 5.85. The van der Waals surface area contributed by atoms with E-state index in [4.69, 9.17) is 0 Å². The lowest BCUT2D eigenvalue weighted by Crippen LogP contribution is -2.50. The maximum atomic E-state index is 12.2. The van der Waals surface area contributed by atoms with E-state index in [0.29, 0.717) is 6.04 Å². The van der Waals surface area contributed by atoms with E-state index in [1.807, 2.05) is 0 Å². The van der Waals surface area contributed by atoms with Gasteiger partial charge < -0.3 is 10.6 Å². The Labute approximate surface area is 111 Å². The van der Waals surface area contributed by atoms with Gasteiger partial charge in [-0.3, -0.25) is 4.79 Å². The van der Waals surface area contributed by atoms with Gasteiger partial charge in [-0.05, 0) is 45.6 Å². The summed E-state index contributed by atoms with van der Waals surface area (Å²) in [4.78, 5) is 12.2. The lowest BCUT2D eigenvalue weighted by Gasteiger charge is -2.33. The minimum absolute atomic E-state index is 0. The standard InChI is InChI=1S/C13H24N2O.ClH/c1-10(8-11-4-5-11)15-12(16)13(2)6-3-7-14-9-13;/h10-11,14H,3-9H2,1-2H3,(H,15,16);1H. The molecule has 1 saturated heterocycles. The molecule has 0 aromatic rings. The number of piperidine rings is 1. The minimum Gasteiger partial charge on any atom is -0.353 e. The molecule has 0 radical (unpaired) electrons. The van der Waals surface area contributed by atoms with Crippen LogP contribution in [0.1, 0.15) is 46.0 Å². The number of carbonyl (C=O) groups is 1. The van der Waals surface area contributed by atoms with Gasteiger partial charge in [-0.1, -0.05) is 12.8 Å². The molecule has 4 heteroatoms. The average molecular weight is 261 g/mol. The summed E-state index contributed by atoms with van der Waals surface area (Å²) in [6.07, 6.45) is 6.01. The molecule has 2 rings (SSSR count). The first-order valence-electron chi connectivity index (χ1n) is 6.62. The SMILES string of the molecule is CC(CC1CC1)NC(=O)C1(C)CCCNC1.Cl. The van der Waals surface area contributed by atoms with Crippen LogP contribution in [0.2, 0.25) is 0 Å². The lowest BCUT2D eigenvalue weighted by molar-refractivity contribution is -0.131. The van der Waals surface area contributed by atoms with Crippen molar-refractivity contribution in [1.82, 2.24) is 10.6 Å². The number of amides is 1. The maximum absolute atomic E-state index is 12.2. The summed E-state index contributed by atoms with van der Waals surface area (Å²) in [5.41, 5.74) is -0.184. The van der Waals surface area contributed by atoms with Gasteiger partial charge >= 0.3 is 0 Å². The third-order valence-corrected chi connectivity index (χ3v) is 3.91. The van der Waals surface area contributed by atoms with Crippen molar-refractivity contribution in [3.63, 3.8) is 0 Å². The Morgan fingerprint density at radius 2 is 2.24 bits per heavy atom. The molecule has 1 aliphatic heterocycles. The van der Waals surface area contributed by atoms with Crippen molar-refractivity contribution < 1.29 is 4.79 Å². The Kier molecular flexibility index (Phi) is 5.26. The molecule has 1 heterocycles. The van der Waals surface area contributed by atoms with Crippen LogP contribution in [0.4, 0.5) is 0 Å². The summed E-state index contributed by atoms with van der Waals surface area (Å²) >= 11 is 0. The summed E-state index contributed by atoms with van der Waals surface area (Å²) in [6.45, 7) is 6.10. The number of carbonyl (C=O) groups excluding carboxylic acids is 1. The Morgan fingerprint density at radius 3 is 2.76 bits per heavy atom. The molecule has 17 heavy (non-hydrogen) atoms. The fourth-order valence-electron chi connectivity index (χ4n) is 2.56. The summed E-state index contributed by atoms with van der Waals surface area (Å²) in [7, 11) is 0. The molecule has 2 aliphatic rings. The van der Waals surface area contributed by atoms with Gasteiger partial charge in [-0.25, -0.2) is 0 Å². The van der Waals surface area contributed by atoms with E-state index in [2.05, 4.69) is 24.5 Å². The Hall–Kier alpha value is -0.280. The molecule has 2 atom stereocenters. The fourth-order valence-corrected chi connectivity index (χ4v) is 2.56. The monoisotopic (exact) mass is 260 g/mol. The van der Waals surface area contributed by atoms with Crippen molar-refractivity contribution in [3.8, 4) is 0 Å². The van der Waals surface area contributed by atoms with Crippen LogP contribution in [0.3, 0.4) is 0 Å². The summed E-state index contributed by atoms with van der Waals surface area (Å²) in [5, 5.41) is 6.50. The van der Waals surface area contributed by atoms with Crippen LogP contribution in [0.25, 0.3) is 0 Å². The molecule has 0 aromatic heterocycles. The Morgan fingerprint density at radius 1 is 1.53 bits per heavy atom. The highest BCUT2D eigenvalue weighted by Crippen LogP contribution is 2.33. The van der Waals surface area contributed by atoms with E-state index in [0.717, 1.165) is 38.3 Å². The van der Waals surface area contributed by atoms with Crippen LogP contribution in [-0.4, -0.2) is 25.0 Å². The molecule has 1 aliphatic carbocycles. The van der Waals surface area contributed by atoms with Crippen LogP contribution in [-0.2, 0) is 4.79 Å². The van der Waals surface area contributed by atoms with E-state index in [-0.39, 0.29) is 23.7 Å². The summed E-state index contributed by atoms with van der Waals surface area (Å²) in [6, 6.07) is 0.346. The third-order valence-electron chi connectivity index (χ3n) is 3.91. The summed E-state index contributed by atoms with van der Waals surface area (Å²) < 4.78 is 0. The van der Waals surface area contributed by atoms with Gasteiger partial charge in [0.05, 0.1) is 5.41 Å². The van der Waals surface area contributed by atoms with E-state index >= 15 is 0 Å². The van der Waals surface area contributed by atoms with Crippen LogP contribution in [0, 0.1) is 11.3 Å². The van der Waals surface area contributed by atoms with Gasteiger partial charge in [0.15, 0.2) is 0 Å². The second-order valence-corrected chi connectivity index (χ2v) is 5.89. The quantitative estimate of drug-likeness (QED) is 0.813. The third kappa shape index (κ3) is 4.14. The molecule has 2 fully saturated rings. The number of hydrogen-bond acceptors (Lipinski definition) is 2. The second kappa shape index (κ2) is 6.05. The van der Waals surface area contributed by atoms with Crippen molar-refractivity contribution in [2.75, 3.05) is 13.1 Å². The first kappa shape index (κ1) is 14.8. The number of nitrogens with one attached hydrogen (secondary N) is 2. The lowest BCUT2D eigenvalue weighted by atomic mass is 9.81. The largest absolute Gasteiger partial charge is 0.353 e. The average Bonchev–Trinajstić information content (AvgIpc) is 3.02. The first-order valence-corrected chi connectivity index (χ1v) is 6.62. The van der Waals surface area contributed by atoms with Crippen LogP contribution < -0.4 is 10.6 Å². The maximum Gasteiger partial charge on any atom is 0.227 e. The molecule has 100 valence electrons. The van der Waals surface area contributed by atoms with Gasteiger partial charge in [-0.2, -0.15) is 0 Å². The normalized spacial score (nSPS) is 30.2. The van der Waals surface area contributed by atoms with E-state index in [1.165, 1.54) is 12.8 Å². The van der Waals surface area contributed by atoms with Crippen LogP contribution in [0.5, 0.6) is 0 Å². The van der Waals surface area contributed by atoms with Crippen LogP contribution >= 0.6 is 12.4 Å². The van der Waals surface area contributed by atoms with Crippen LogP contribution in [0.15, 0.2) is 0 Å². The highest BCUT2D eigenvalue weighted by atomic mass is 35.5. The molecule has 1 amide bonds. The molecule has 2 N–H and O–H groups in total. The summed E-state index contributed by atoms with van der Waals surface area (Å²) in [5.74, 6) is 1.13. The van der Waals surface area contributed by atoms with Crippen molar-refractivity contribution >= 4 is 18.3 Å². The molecular formula is C13H25ClN2O. The first-order chi connectivity index (χ1) is 7.60. The van der Waals surface area contributed by atoms with Crippen molar-refractivity contribution in [2.45, 2.75) is 52.0 Å². The van der Waals surface area contributed by atoms with Crippen molar-refractivity contribution in [1.29, 1.82) is 0 Å². The van der Waals surface area contributed by atoms with E-state index in [1.54, 1.807) is 0 Å². The molecule has 2 unspecified atom stereocenters. The van der Waals surface area contributed by atoms with Gasteiger partial charge in [0.2, 0.25) is 5.91 Å². The molecule has 1 saturated carbocycles. The Balaban J connectivity index is 0.00000144. The van der Waals surface area contributed by atoms with Gasteiger partial charge in [0.1, 0.15) is 0 Å². The predicted octanol–water partition coefficient (Wildman–Crippen LogP) is 2.10. The molecule has 3 nitrogen and oxygen atoms in total. The second-order valence-electron chi connectivity index (χ2n) is 5.89. The molecule has 0 bridgehead atoms. The molecular weight excluding hydrogens is 236 g/mol. The minimum atomic E-state index is -0.184. The Bertz CT molecular complexity index is 260.